The number of aromatic nitrogens is 1. The highest BCUT2D eigenvalue weighted by Crippen LogP contribution is 2.47. The van der Waals surface area contributed by atoms with Crippen LogP contribution in [0, 0.1) is 0 Å². The second-order valence-corrected chi connectivity index (χ2v) is 7.62. The Hall–Kier alpha value is -2.49. The summed E-state index contributed by atoms with van der Waals surface area (Å²) in [6.07, 6.45) is 0. The molecule has 0 aliphatic rings. The van der Waals surface area contributed by atoms with Crippen LogP contribution in [0.25, 0.3) is 47.5 Å². The summed E-state index contributed by atoms with van der Waals surface area (Å²) in [5.41, 5.74) is 3.44. The predicted octanol–water partition coefficient (Wildman–Crippen LogP) is 6.41. The normalized spacial score (nSPS) is 12.5. The Bertz CT molecular complexity index is 1430. The molecule has 0 bridgehead atoms. The zero-order valence-electron chi connectivity index (χ0n) is 12.4. The number of phenols is 1. The molecule has 3 aromatic carbocycles. The molecule has 3 heterocycles. The Labute approximate surface area is 145 Å². The molecular formula is C20H10ClNOS. The Morgan fingerprint density at radius 3 is 2.62 bits per heavy atom. The van der Waals surface area contributed by atoms with Crippen molar-refractivity contribution in [2.75, 3.05) is 0 Å². The van der Waals surface area contributed by atoms with Crippen LogP contribution in [-0.4, -0.2) is 9.51 Å². The van der Waals surface area contributed by atoms with Crippen LogP contribution in [0.4, 0.5) is 0 Å². The van der Waals surface area contributed by atoms with Gasteiger partial charge in [0.2, 0.25) is 0 Å². The minimum atomic E-state index is 0.339. The van der Waals surface area contributed by atoms with Gasteiger partial charge < -0.3 is 9.51 Å². The van der Waals surface area contributed by atoms with E-state index in [-0.39, 0.29) is 0 Å². The summed E-state index contributed by atoms with van der Waals surface area (Å²) in [5.74, 6) is 0.339. The highest BCUT2D eigenvalue weighted by Gasteiger charge is 2.22. The average molecular weight is 348 g/mol. The largest absolute Gasteiger partial charge is 0.507 e. The molecular weight excluding hydrogens is 338 g/mol. The summed E-state index contributed by atoms with van der Waals surface area (Å²) in [4.78, 5) is 0. The number of benzene rings is 3. The van der Waals surface area contributed by atoms with Crippen LogP contribution in [0.5, 0.6) is 5.75 Å². The van der Waals surface area contributed by atoms with Gasteiger partial charge in [-0.25, -0.2) is 0 Å². The molecule has 0 aliphatic heterocycles. The van der Waals surface area contributed by atoms with Crippen molar-refractivity contribution in [3.63, 3.8) is 0 Å². The van der Waals surface area contributed by atoms with Crippen molar-refractivity contribution in [3.05, 3.63) is 59.6 Å². The topological polar surface area (TPSA) is 24.6 Å². The molecule has 0 atom stereocenters. The lowest BCUT2D eigenvalue weighted by atomic mass is 10.1. The third-order valence-electron chi connectivity index (χ3n) is 4.89. The van der Waals surface area contributed by atoms with Gasteiger partial charge in [-0.3, -0.25) is 0 Å². The first-order valence-corrected chi connectivity index (χ1v) is 8.91. The molecule has 2 nitrogen and oxygen atoms in total. The van der Waals surface area contributed by atoms with E-state index in [0.29, 0.717) is 5.75 Å². The van der Waals surface area contributed by atoms with E-state index >= 15 is 0 Å². The number of aromatic hydroxyl groups is 1. The molecule has 6 aromatic rings. The van der Waals surface area contributed by atoms with Crippen LogP contribution in [-0.2, 0) is 0 Å². The van der Waals surface area contributed by atoms with Gasteiger partial charge in [-0.2, -0.15) is 0 Å². The van der Waals surface area contributed by atoms with Crippen molar-refractivity contribution in [1.82, 2.24) is 4.40 Å². The van der Waals surface area contributed by atoms with E-state index in [2.05, 4.69) is 22.6 Å². The van der Waals surface area contributed by atoms with E-state index in [9.17, 15) is 5.11 Å². The number of rotatable bonds is 0. The van der Waals surface area contributed by atoms with E-state index in [0.717, 1.165) is 26.8 Å². The van der Waals surface area contributed by atoms with Crippen LogP contribution in [0.3, 0.4) is 0 Å². The summed E-state index contributed by atoms with van der Waals surface area (Å²) in [7, 11) is 0. The van der Waals surface area contributed by atoms with E-state index in [1.165, 1.54) is 25.7 Å². The minimum absolute atomic E-state index is 0.339. The van der Waals surface area contributed by atoms with Gasteiger partial charge >= 0.3 is 0 Å². The highest BCUT2D eigenvalue weighted by molar-refractivity contribution is 7.26. The number of halogens is 1. The fraction of sp³-hybridized carbons (Fsp3) is 0. The van der Waals surface area contributed by atoms with Gasteiger partial charge in [-0.15, -0.1) is 11.3 Å². The molecule has 114 valence electrons. The first-order chi connectivity index (χ1) is 11.7. The van der Waals surface area contributed by atoms with E-state index < -0.39 is 0 Å². The summed E-state index contributed by atoms with van der Waals surface area (Å²) in [6.45, 7) is 0. The molecule has 0 spiro atoms. The average Bonchev–Trinajstić information content (AvgIpc) is 3.19. The highest BCUT2D eigenvalue weighted by atomic mass is 35.5. The Kier molecular flexibility index (Phi) is 2.21. The molecule has 24 heavy (non-hydrogen) atoms. The fourth-order valence-electron chi connectivity index (χ4n) is 3.96. The van der Waals surface area contributed by atoms with E-state index in [1.54, 1.807) is 17.4 Å². The zero-order chi connectivity index (χ0) is 16.0. The summed E-state index contributed by atoms with van der Waals surface area (Å²) in [5, 5.41) is 15.7. The summed E-state index contributed by atoms with van der Waals surface area (Å²) in [6, 6.07) is 18.2. The van der Waals surface area contributed by atoms with Crippen molar-refractivity contribution in [2.45, 2.75) is 0 Å². The van der Waals surface area contributed by atoms with Crippen molar-refractivity contribution in [3.8, 4) is 5.75 Å². The number of hydrogen-bond acceptors (Lipinski definition) is 2. The second kappa shape index (κ2) is 4.12. The van der Waals surface area contributed by atoms with Gasteiger partial charge in [-0.1, -0.05) is 29.8 Å². The Balaban J connectivity index is 2.06. The van der Waals surface area contributed by atoms with Crippen LogP contribution in [0.2, 0.25) is 5.02 Å². The molecule has 0 saturated heterocycles. The second-order valence-electron chi connectivity index (χ2n) is 6.13. The van der Waals surface area contributed by atoms with Crippen LogP contribution >= 0.6 is 22.9 Å². The first kappa shape index (κ1) is 12.9. The van der Waals surface area contributed by atoms with Gasteiger partial charge in [0.15, 0.2) is 0 Å². The number of para-hydroxylation sites is 1. The van der Waals surface area contributed by atoms with Gasteiger partial charge in [-0.05, 0) is 36.4 Å². The Morgan fingerprint density at radius 2 is 1.71 bits per heavy atom. The minimum Gasteiger partial charge on any atom is -0.507 e. The molecule has 1 N–H and O–H groups in total. The SMILES string of the molecule is Oc1ccc2c3sc4cc(Cl)ccc4c3n3c4ccccc4c1c23. The maximum absolute atomic E-state index is 10.5. The fourth-order valence-corrected chi connectivity index (χ4v) is 5.45. The van der Waals surface area contributed by atoms with Crippen LogP contribution in [0.15, 0.2) is 54.6 Å². The van der Waals surface area contributed by atoms with E-state index in [4.69, 9.17) is 11.6 Å². The molecule has 0 amide bonds. The number of fused-ring (bicyclic) bond motifs is 8. The van der Waals surface area contributed by atoms with Gasteiger partial charge in [0.1, 0.15) is 5.75 Å². The maximum Gasteiger partial charge on any atom is 0.125 e. The molecule has 0 unspecified atom stereocenters. The van der Waals surface area contributed by atoms with Gasteiger partial charge in [0.05, 0.1) is 26.6 Å². The van der Waals surface area contributed by atoms with Gasteiger partial charge in [0.25, 0.3) is 0 Å². The lowest BCUT2D eigenvalue weighted by molar-refractivity contribution is 0.482. The molecule has 0 saturated carbocycles. The first-order valence-electron chi connectivity index (χ1n) is 7.72. The molecule has 6 rings (SSSR count). The number of nitrogens with zero attached hydrogens (tertiary/aromatic N) is 1. The molecule has 4 heteroatoms. The molecule has 0 radical (unpaired) electrons. The van der Waals surface area contributed by atoms with Crippen molar-refractivity contribution >= 4 is 70.4 Å². The van der Waals surface area contributed by atoms with Crippen LogP contribution in [0.1, 0.15) is 0 Å². The number of phenolic OH excluding ortho intramolecular Hbond substituents is 1. The van der Waals surface area contributed by atoms with Crippen molar-refractivity contribution in [1.29, 1.82) is 0 Å². The number of hydrogen-bond donors (Lipinski definition) is 1. The molecule has 0 fully saturated rings. The molecule has 0 aliphatic carbocycles. The van der Waals surface area contributed by atoms with Crippen LogP contribution < -0.4 is 0 Å². The smallest absolute Gasteiger partial charge is 0.125 e. The lowest BCUT2D eigenvalue weighted by Gasteiger charge is -1.97. The lowest BCUT2D eigenvalue weighted by Crippen LogP contribution is -1.79. The third kappa shape index (κ3) is 1.34. The maximum atomic E-state index is 10.5. The Morgan fingerprint density at radius 1 is 0.875 bits per heavy atom. The third-order valence-corrected chi connectivity index (χ3v) is 6.30. The summed E-state index contributed by atoms with van der Waals surface area (Å²) < 4.78 is 4.73. The molecule has 3 aromatic heterocycles. The number of thiophene rings is 1. The zero-order valence-corrected chi connectivity index (χ0v) is 13.9. The van der Waals surface area contributed by atoms with Crippen molar-refractivity contribution < 1.29 is 5.11 Å². The van der Waals surface area contributed by atoms with Crippen molar-refractivity contribution in [2.24, 2.45) is 0 Å². The predicted molar refractivity (Wildman–Crippen MR) is 103 cm³/mol. The van der Waals surface area contributed by atoms with E-state index in [1.807, 2.05) is 30.3 Å². The standard InChI is InChI=1S/C20H10ClNOS/c21-10-5-6-12-16(9-10)24-20-13-7-8-15(23)17-11-3-1-2-4-14(11)22(18(13)17)19(12)20/h1-9,23H. The quantitative estimate of drug-likeness (QED) is 0.337. The monoisotopic (exact) mass is 347 g/mol. The summed E-state index contributed by atoms with van der Waals surface area (Å²) >= 11 is 7.95. The van der Waals surface area contributed by atoms with Gasteiger partial charge in [0, 0.05) is 25.9 Å².